The second-order valence-corrected chi connectivity index (χ2v) is 3.45. The number of thiocarbonyl (C=S) groups is 1. The van der Waals surface area contributed by atoms with Crippen LogP contribution < -0.4 is 5.32 Å². The van der Waals surface area contributed by atoms with Crippen LogP contribution in [0, 0.1) is 0 Å². The normalized spacial score (nSPS) is 11.9. The van der Waals surface area contributed by atoms with Crippen molar-refractivity contribution in [1.29, 1.82) is 0 Å². The van der Waals surface area contributed by atoms with Gasteiger partial charge in [0.15, 0.2) is 6.23 Å². The van der Waals surface area contributed by atoms with Crippen LogP contribution in [0.2, 0.25) is 0 Å². The van der Waals surface area contributed by atoms with Gasteiger partial charge in [-0.15, -0.1) is 0 Å². The fourth-order valence-corrected chi connectivity index (χ4v) is 1.13. The van der Waals surface area contributed by atoms with Crippen LogP contribution in [-0.2, 0) is 0 Å². The van der Waals surface area contributed by atoms with E-state index in [9.17, 15) is 9.90 Å². The number of nitrogens with one attached hydrogen (secondary N) is 1. The molecule has 0 fully saturated rings. The highest BCUT2D eigenvalue weighted by Gasteiger charge is 2.15. The summed E-state index contributed by atoms with van der Waals surface area (Å²) in [5, 5.41) is 11.9. The van der Waals surface area contributed by atoms with Crippen LogP contribution in [0.25, 0.3) is 0 Å². The van der Waals surface area contributed by atoms with Crippen LogP contribution in [0.4, 0.5) is 0 Å². The molecule has 0 aliphatic heterocycles. The van der Waals surface area contributed by atoms with Gasteiger partial charge in [-0.2, -0.15) is 0 Å². The smallest absolute Gasteiger partial charge is 0.211 e. The second kappa shape index (κ2) is 4.83. The first-order valence-corrected chi connectivity index (χ1v) is 4.56. The van der Waals surface area contributed by atoms with Crippen LogP contribution in [0.5, 0.6) is 0 Å². The molecule has 0 radical (unpaired) electrons. The number of carbonyl (C=O) groups excluding carboxylic acids is 1. The second-order valence-electron chi connectivity index (χ2n) is 2.83. The Bertz CT molecular complexity index is 337. The molecular weight excluding hydrogens is 198 g/mol. The minimum absolute atomic E-state index is 0.380. The highest BCUT2D eigenvalue weighted by Crippen LogP contribution is 2.01. The molecule has 0 spiro atoms. The fraction of sp³-hybridized carbons (Fsp3) is 0.200. The van der Waals surface area contributed by atoms with Gasteiger partial charge in [0.2, 0.25) is 5.78 Å². The van der Waals surface area contributed by atoms with Gasteiger partial charge in [-0.25, -0.2) is 0 Å². The lowest BCUT2D eigenvalue weighted by molar-refractivity contribution is 0.0720. The van der Waals surface area contributed by atoms with E-state index in [0.717, 1.165) is 0 Å². The predicted octanol–water partition coefficient (Wildman–Crippen LogP) is 1.12. The summed E-state index contributed by atoms with van der Waals surface area (Å²) in [5.74, 6) is -0.380. The lowest BCUT2D eigenvalue weighted by Gasteiger charge is -2.11. The Balaban J connectivity index is 2.71. The van der Waals surface area contributed by atoms with Crippen molar-refractivity contribution in [3.63, 3.8) is 0 Å². The molecule has 0 heterocycles. The SMILES string of the molecule is CC(=S)NC(O)C(=O)c1ccccc1. The van der Waals surface area contributed by atoms with Crippen molar-refractivity contribution in [2.24, 2.45) is 0 Å². The quantitative estimate of drug-likeness (QED) is 0.445. The Hall–Kier alpha value is -1.26. The first kappa shape index (κ1) is 10.8. The van der Waals surface area contributed by atoms with Gasteiger partial charge in [0.05, 0.1) is 4.99 Å². The van der Waals surface area contributed by atoms with Gasteiger partial charge in [-0.1, -0.05) is 42.5 Å². The molecule has 1 aromatic rings. The third-order valence-corrected chi connectivity index (χ3v) is 1.76. The topological polar surface area (TPSA) is 49.3 Å². The maximum Gasteiger partial charge on any atom is 0.211 e. The monoisotopic (exact) mass is 209 g/mol. The highest BCUT2D eigenvalue weighted by molar-refractivity contribution is 7.80. The third-order valence-electron chi connectivity index (χ3n) is 1.65. The average Bonchev–Trinajstić information content (AvgIpc) is 2.17. The molecule has 74 valence electrons. The lowest BCUT2D eigenvalue weighted by atomic mass is 10.1. The molecule has 0 bridgehead atoms. The van der Waals surface area contributed by atoms with Crippen LogP contribution in [-0.4, -0.2) is 22.1 Å². The molecule has 0 saturated heterocycles. The van der Waals surface area contributed by atoms with Crippen LogP contribution in [0.15, 0.2) is 30.3 Å². The minimum atomic E-state index is -1.25. The van der Waals surface area contributed by atoms with Gasteiger partial charge >= 0.3 is 0 Å². The summed E-state index contributed by atoms with van der Waals surface area (Å²) in [6, 6.07) is 8.58. The maximum absolute atomic E-state index is 11.5. The summed E-state index contributed by atoms with van der Waals surface area (Å²) in [6.07, 6.45) is -1.25. The number of rotatable bonds is 3. The number of benzene rings is 1. The maximum atomic E-state index is 11.5. The molecule has 0 aliphatic rings. The van der Waals surface area contributed by atoms with Crippen molar-refractivity contribution in [3.05, 3.63) is 35.9 Å². The first-order valence-electron chi connectivity index (χ1n) is 4.15. The zero-order chi connectivity index (χ0) is 10.6. The molecule has 0 amide bonds. The van der Waals surface area contributed by atoms with Crippen molar-refractivity contribution in [3.8, 4) is 0 Å². The van der Waals surface area contributed by atoms with Crippen molar-refractivity contribution in [2.75, 3.05) is 0 Å². The molecule has 0 aromatic heterocycles. The van der Waals surface area contributed by atoms with E-state index in [4.69, 9.17) is 12.2 Å². The predicted molar refractivity (Wildman–Crippen MR) is 58.2 cm³/mol. The molecule has 0 saturated carbocycles. The lowest BCUT2D eigenvalue weighted by Crippen LogP contribution is -2.38. The molecule has 3 nitrogen and oxygen atoms in total. The van der Waals surface area contributed by atoms with E-state index in [1.165, 1.54) is 0 Å². The van der Waals surface area contributed by atoms with Crippen molar-refractivity contribution < 1.29 is 9.90 Å². The van der Waals surface area contributed by atoms with Crippen molar-refractivity contribution in [2.45, 2.75) is 13.2 Å². The summed E-state index contributed by atoms with van der Waals surface area (Å²) in [7, 11) is 0. The van der Waals surface area contributed by atoms with Crippen molar-refractivity contribution >= 4 is 23.0 Å². The third kappa shape index (κ3) is 2.90. The summed E-state index contributed by atoms with van der Waals surface area (Å²) in [4.78, 5) is 11.9. The van der Waals surface area contributed by atoms with Crippen LogP contribution in [0.1, 0.15) is 17.3 Å². The standard InChI is InChI=1S/C10H11NO2S/c1-7(14)11-10(13)9(12)8-5-3-2-4-6-8/h2-6,10,13H,1H3,(H,11,14). The van der Waals surface area contributed by atoms with Gasteiger partial charge in [-0.3, -0.25) is 4.79 Å². The number of Topliss-reactive ketones (excluding diaryl/α,β-unsaturated/α-hetero) is 1. The summed E-state index contributed by atoms with van der Waals surface area (Å²) >= 11 is 4.72. The summed E-state index contributed by atoms with van der Waals surface area (Å²) in [5.41, 5.74) is 0.462. The molecule has 1 atom stereocenters. The molecule has 1 rings (SSSR count). The fourth-order valence-electron chi connectivity index (χ4n) is 1.02. The number of aliphatic hydroxyl groups is 1. The van der Waals surface area contributed by atoms with Crippen molar-refractivity contribution in [1.82, 2.24) is 5.32 Å². The molecule has 0 aliphatic carbocycles. The van der Waals surface area contributed by atoms with E-state index in [1.54, 1.807) is 37.3 Å². The van der Waals surface area contributed by atoms with E-state index < -0.39 is 6.23 Å². The number of aliphatic hydroxyl groups excluding tert-OH is 1. The van der Waals surface area contributed by atoms with Gasteiger partial charge < -0.3 is 10.4 Å². The molecule has 4 heteroatoms. The van der Waals surface area contributed by atoms with Gasteiger partial charge in [0.25, 0.3) is 0 Å². The van der Waals surface area contributed by atoms with E-state index in [2.05, 4.69) is 5.32 Å². The Kier molecular flexibility index (Phi) is 3.73. The van der Waals surface area contributed by atoms with E-state index in [1.807, 2.05) is 0 Å². The van der Waals surface area contributed by atoms with E-state index in [0.29, 0.717) is 10.6 Å². The first-order chi connectivity index (χ1) is 6.61. The van der Waals surface area contributed by atoms with E-state index >= 15 is 0 Å². The molecule has 14 heavy (non-hydrogen) atoms. The molecule has 1 unspecified atom stereocenters. The number of ketones is 1. The van der Waals surface area contributed by atoms with Gasteiger partial charge in [0.1, 0.15) is 0 Å². The Morgan fingerprint density at radius 1 is 1.43 bits per heavy atom. The van der Waals surface area contributed by atoms with Gasteiger partial charge in [0, 0.05) is 5.56 Å². The number of hydrogen-bond acceptors (Lipinski definition) is 3. The largest absolute Gasteiger partial charge is 0.367 e. The molecule has 1 aromatic carbocycles. The minimum Gasteiger partial charge on any atom is -0.367 e. The molecule has 2 N–H and O–H groups in total. The Labute approximate surface area is 87.8 Å². The van der Waals surface area contributed by atoms with Crippen LogP contribution >= 0.6 is 12.2 Å². The van der Waals surface area contributed by atoms with E-state index in [-0.39, 0.29) is 5.78 Å². The summed E-state index contributed by atoms with van der Waals surface area (Å²) in [6.45, 7) is 1.61. The average molecular weight is 209 g/mol. The Morgan fingerprint density at radius 3 is 2.50 bits per heavy atom. The van der Waals surface area contributed by atoms with Crippen LogP contribution in [0.3, 0.4) is 0 Å². The zero-order valence-electron chi connectivity index (χ0n) is 7.73. The highest BCUT2D eigenvalue weighted by atomic mass is 32.1. The number of carbonyl (C=O) groups is 1. The van der Waals surface area contributed by atoms with Gasteiger partial charge in [-0.05, 0) is 6.92 Å². The zero-order valence-corrected chi connectivity index (χ0v) is 8.54. The number of hydrogen-bond donors (Lipinski definition) is 2. The summed E-state index contributed by atoms with van der Waals surface area (Å²) < 4.78 is 0. The molecular formula is C10H11NO2S. The Morgan fingerprint density at radius 2 is 2.00 bits per heavy atom.